The van der Waals surface area contributed by atoms with Crippen LogP contribution >= 0.6 is 11.3 Å². The van der Waals surface area contributed by atoms with Gasteiger partial charge in [-0.2, -0.15) is 0 Å². The maximum Gasteiger partial charge on any atom is 0.141 e. The highest BCUT2D eigenvalue weighted by Crippen LogP contribution is 2.40. The molecule has 33 heavy (non-hydrogen) atoms. The lowest BCUT2D eigenvalue weighted by atomic mass is 9.96. The average Bonchev–Trinajstić information content (AvgIpc) is 3.23. The number of nitrogens with zero attached hydrogens (tertiary/aromatic N) is 4. The van der Waals surface area contributed by atoms with Gasteiger partial charge in [-0.1, -0.05) is 30.3 Å². The molecule has 1 fully saturated rings. The Labute approximate surface area is 197 Å². The van der Waals surface area contributed by atoms with Crippen LogP contribution in [0.15, 0.2) is 54.6 Å². The molecule has 0 amide bonds. The molecule has 4 aromatic rings. The average molecular weight is 459 g/mol. The summed E-state index contributed by atoms with van der Waals surface area (Å²) in [6.45, 7) is 3.60. The minimum atomic E-state index is -0.186. The number of benzene rings is 2. The van der Waals surface area contributed by atoms with Gasteiger partial charge in [0.25, 0.3) is 0 Å². The fourth-order valence-electron chi connectivity index (χ4n) is 5.10. The van der Waals surface area contributed by atoms with E-state index in [0.717, 1.165) is 61.2 Å². The Morgan fingerprint density at radius 3 is 2.33 bits per heavy atom. The van der Waals surface area contributed by atoms with Gasteiger partial charge in [0.1, 0.15) is 22.3 Å². The molecule has 0 saturated carbocycles. The highest BCUT2D eigenvalue weighted by molar-refractivity contribution is 7.19. The van der Waals surface area contributed by atoms with Crippen LogP contribution in [-0.4, -0.2) is 36.1 Å². The molecule has 1 aliphatic carbocycles. The van der Waals surface area contributed by atoms with Gasteiger partial charge in [0.2, 0.25) is 0 Å². The third kappa shape index (κ3) is 4.08. The van der Waals surface area contributed by atoms with Crippen LogP contribution in [0.2, 0.25) is 0 Å². The zero-order valence-corrected chi connectivity index (χ0v) is 19.5. The van der Waals surface area contributed by atoms with Gasteiger partial charge in [-0.05, 0) is 61.1 Å². The molecule has 4 nitrogen and oxygen atoms in total. The number of anilines is 2. The van der Waals surface area contributed by atoms with Crippen molar-refractivity contribution in [1.29, 1.82) is 0 Å². The van der Waals surface area contributed by atoms with Gasteiger partial charge in [-0.15, -0.1) is 11.3 Å². The number of hydrogen-bond donors (Lipinski definition) is 0. The SMILES string of the molecule is Fc1ccc(N2CCN(c3nc(Cc4ccccc4)nc4sc5c(c34)CCCC5)CC2)cc1. The van der Waals surface area contributed by atoms with Gasteiger partial charge in [0, 0.05) is 43.2 Å². The van der Waals surface area contributed by atoms with Crippen molar-refractivity contribution in [1.82, 2.24) is 9.97 Å². The van der Waals surface area contributed by atoms with Crippen LogP contribution in [0.3, 0.4) is 0 Å². The second-order valence-corrected chi connectivity index (χ2v) is 10.1. The van der Waals surface area contributed by atoms with Crippen molar-refractivity contribution in [2.45, 2.75) is 32.1 Å². The van der Waals surface area contributed by atoms with E-state index < -0.39 is 0 Å². The van der Waals surface area contributed by atoms with E-state index in [0.29, 0.717) is 0 Å². The molecule has 0 N–H and O–H groups in total. The second-order valence-electron chi connectivity index (χ2n) is 8.97. The molecule has 2 aliphatic rings. The van der Waals surface area contributed by atoms with E-state index in [9.17, 15) is 4.39 Å². The first-order valence-corrected chi connectivity index (χ1v) is 12.7. The van der Waals surface area contributed by atoms with Crippen LogP contribution in [-0.2, 0) is 19.3 Å². The summed E-state index contributed by atoms with van der Waals surface area (Å²) in [5.74, 6) is 1.83. The largest absolute Gasteiger partial charge is 0.368 e. The molecule has 6 rings (SSSR count). The summed E-state index contributed by atoms with van der Waals surface area (Å²) in [6, 6.07) is 17.3. The third-order valence-electron chi connectivity index (χ3n) is 6.82. The molecule has 6 heteroatoms. The minimum absolute atomic E-state index is 0.186. The molecule has 0 atom stereocenters. The van der Waals surface area contributed by atoms with Crippen molar-refractivity contribution in [3.8, 4) is 0 Å². The maximum absolute atomic E-state index is 13.3. The second kappa shape index (κ2) is 8.75. The zero-order valence-electron chi connectivity index (χ0n) is 18.6. The molecule has 0 bridgehead atoms. The molecule has 0 radical (unpaired) electrons. The quantitative estimate of drug-likeness (QED) is 0.397. The molecular formula is C27H27FN4S. The van der Waals surface area contributed by atoms with E-state index in [1.54, 1.807) is 12.1 Å². The monoisotopic (exact) mass is 458 g/mol. The lowest BCUT2D eigenvalue weighted by Gasteiger charge is -2.37. The fourth-order valence-corrected chi connectivity index (χ4v) is 6.37. The Morgan fingerprint density at radius 1 is 0.818 bits per heavy atom. The summed E-state index contributed by atoms with van der Waals surface area (Å²) in [5, 5.41) is 1.29. The van der Waals surface area contributed by atoms with Crippen LogP contribution in [0.4, 0.5) is 15.9 Å². The number of aromatic nitrogens is 2. The first kappa shape index (κ1) is 20.6. The van der Waals surface area contributed by atoms with E-state index >= 15 is 0 Å². The van der Waals surface area contributed by atoms with E-state index in [4.69, 9.17) is 9.97 Å². The smallest absolute Gasteiger partial charge is 0.141 e. The van der Waals surface area contributed by atoms with Gasteiger partial charge >= 0.3 is 0 Å². The van der Waals surface area contributed by atoms with Gasteiger partial charge in [0.05, 0.1) is 5.39 Å². The number of fused-ring (bicyclic) bond motifs is 3. The Hall–Kier alpha value is -2.99. The molecule has 2 aromatic heterocycles. The fraction of sp³-hybridized carbons (Fsp3) is 0.333. The summed E-state index contributed by atoms with van der Waals surface area (Å²) in [4.78, 5) is 17.6. The standard InChI is InChI=1S/C27H27FN4S/c28-20-10-12-21(13-11-20)31-14-16-32(17-15-31)26-25-22-8-4-5-9-23(22)33-27(25)30-24(29-26)18-19-6-2-1-3-7-19/h1-3,6-7,10-13H,4-5,8-9,14-18H2. The number of rotatable bonds is 4. The first-order valence-electron chi connectivity index (χ1n) is 11.9. The summed E-state index contributed by atoms with van der Waals surface area (Å²) in [7, 11) is 0. The zero-order chi connectivity index (χ0) is 22.2. The van der Waals surface area contributed by atoms with E-state index in [-0.39, 0.29) is 5.82 Å². The molecule has 2 aromatic carbocycles. The molecule has 3 heterocycles. The molecule has 0 unspecified atom stereocenters. The van der Waals surface area contributed by atoms with Gasteiger partial charge in [0.15, 0.2) is 0 Å². The Kier molecular flexibility index (Phi) is 5.46. The third-order valence-corrected chi connectivity index (χ3v) is 8.00. The maximum atomic E-state index is 13.3. The van der Waals surface area contributed by atoms with Crippen LogP contribution < -0.4 is 9.80 Å². The lowest BCUT2D eigenvalue weighted by molar-refractivity contribution is 0.624. The van der Waals surface area contributed by atoms with E-state index in [1.165, 1.54) is 40.7 Å². The number of aryl methyl sites for hydroxylation is 2. The van der Waals surface area contributed by atoms with E-state index in [1.807, 2.05) is 29.5 Å². The topological polar surface area (TPSA) is 32.3 Å². The minimum Gasteiger partial charge on any atom is -0.368 e. The van der Waals surface area contributed by atoms with Gasteiger partial charge in [-0.25, -0.2) is 14.4 Å². The highest BCUT2D eigenvalue weighted by atomic mass is 32.1. The van der Waals surface area contributed by atoms with Crippen molar-refractivity contribution in [3.63, 3.8) is 0 Å². The lowest BCUT2D eigenvalue weighted by Crippen LogP contribution is -2.47. The predicted octanol–water partition coefficient (Wildman–Crippen LogP) is 5.63. The van der Waals surface area contributed by atoms with Crippen LogP contribution in [0.1, 0.15) is 34.7 Å². The molecule has 168 valence electrons. The highest BCUT2D eigenvalue weighted by Gasteiger charge is 2.26. The van der Waals surface area contributed by atoms with Gasteiger partial charge in [-0.3, -0.25) is 0 Å². The van der Waals surface area contributed by atoms with Crippen LogP contribution in [0.25, 0.3) is 10.2 Å². The van der Waals surface area contributed by atoms with Crippen molar-refractivity contribution in [3.05, 3.63) is 82.2 Å². The van der Waals surface area contributed by atoms with Crippen LogP contribution in [0, 0.1) is 5.82 Å². The summed E-state index contributed by atoms with van der Waals surface area (Å²) in [6.07, 6.45) is 5.58. The van der Waals surface area contributed by atoms with Crippen molar-refractivity contribution < 1.29 is 4.39 Å². The van der Waals surface area contributed by atoms with Gasteiger partial charge < -0.3 is 9.80 Å². The Morgan fingerprint density at radius 2 is 1.55 bits per heavy atom. The summed E-state index contributed by atoms with van der Waals surface area (Å²) < 4.78 is 13.3. The van der Waals surface area contributed by atoms with Crippen molar-refractivity contribution >= 4 is 33.1 Å². The molecule has 1 aliphatic heterocycles. The molecule has 1 saturated heterocycles. The Bertz CT molecular complexity index is 1260. The number of piperazine rings is 1. The molecule has 0 spiro atoms. The normalized spacial score (nSPS) is 16.3. The summed E-state index contributed by atoms with van der Waals surface area (Å²) >= 11 is 1.88. The number of thiophene rings is 1. The predicted molar refractivity (Wildman–Crippen MR) is 134 cm³/mol. The number of hydrogen-bond acceptors (Lipinski definition) is 5. The first-order chi connectivity index (χ1) is 16.2. The van der Waals surface area contributed by atoms with Crippen molar-refractivity contribution in [2.75, 3.05) is 36.0 Å². The number of halogens is 1. The summed E-state index contributed by atoms with van der Waals surface area (Å²) in [5.41, 5.74) is 3.82. The Balaban J connectivity index is 1.34. The van der Waals surface area contributed by atoms with E-state index in [2.05, 4.69) is 34.1 Å². The molecular weight excluding hydrogens is 431 g/mol. The van der Waals surface area contributed by atoms with Crippen LogP contribution in [0.5, 0.6) is 0 Å². The van der Waals surface area contributed by atoms with Crippen molar-refractivity contribution in [2.24, 2.45) is 0 Å².